The van der Waals surface area contributed by atoms with Gasteiger partial charge in [0.1, 0.15) is 17.5 Å². The molecule has 1 aromatic rings. The monoisotopic (exact) mass is 278 g/mol. The first-order valence-electron chi connectivity index (χ1n) is 7.28. The van der Waals surface area contributed by atoms with E-state index < -0.39 is 0 Å². The summed E-state index contributed by atoms with van der Waals surface area (Å²) < 4.78 is 5.38. The maximum Gasteiger partial charge on any atom is 0.136 e. The van der Waals surface area contributed by atoms with Crippen molar-refractivity contribution in [1.82, 2.24) is 9.97 Å². The summed E-state index contributed by atoms with van der Waals surface area (Å²) in [6.07, 6.45) is 3.93. The molecule has 1 saturated heterocycles. The Morgan fingerprint density at radius 1 is 1.30 bits per heavy atom. The highest BCUT2D eigenvalue weighted by Gasteiger charge is 2.33. The highest BCUT2D eigenvalue weighted by Crippen LogP contribution is 2.39. The van der Waals surface area contributed by atoms with Crippen LogP contribution in [0, 0.1) is 0 Å². The molecule has 0 unspecified atom stereocenters. The molecule has 0 amide bonds. The molecule has 0 aromatic carbocycles. The normalized spacial score (nSPS) is 21.5. The molecule has 0 spiro atoms. The number of aliphatic hydroxyl groups is 1. The number of ether oxygens (including phenoxy) is 1. The molecular formula is C14H22N4O2. The van der Waals surface area contributed by atoms with Crippen molar-refractivity contribution in [2.45, 2.75) is 37.1 Å². The second kappa shape index (κ2) is 5.54. The molecule has 2 aliphatic rings. The second-order valence-corrected chi connectivity index (χ2v) is 5.70. The summed E-state index contributed by atoms with van der Waals surface area (Å²) in [5, 5.41) is 16.2. The number of rotatable bonds is 5. The summed E-state index contributed by atoms with van der Waals surface area (Å²) in [6.45, 7) is 1.44. The zero-order chi connectivity index (χ0) is 14.0. The molecule has 0 bridgehead atoms. The molecule has 6 heteroatoms. The van der Waals surface area contributed by atoms with Crippen LogP contribution in [-0.2, 0) is 4.74 Å². The first kappa shape index (κ1) is 13.6. The van der Waals surface area contributed by atoms with Crippen molar-refractivity contribution >= 4 is 11.6 Å². The predicted molar refractivity (Wildman–Crippen MR) is 77.0 cm³/mol. The van der Waals surface area contributed by atoms with Crippen LogP contribution in [0.2, 0.25) is 0 Å². The molecule has 1 saturated carbocycles. The summed E-state index contributed by atoms with van der Waals surface area (Å²) in [4.78, 5) is 9.12. The van der Waals surface area contributed by atoms with Crippen molar-refractivity contribution in [2.24, 2.45) is 0 Å². The number of hydrogen-bond donors (Lipinski definition) is 3. The Morgan fingerprint density at radius 3 is 2.60 bits per heavy atom. The van der Waals surface area contributed by atoms with E-state index in [0.717, 1.165) is 30.3 Å². The van der Waals surface area contributed by atoms with Crippen molar-refractivity contribution in [1.29, 1.82) is 0 Å². The van der Waals surface area contributed by atoms with Crippen molar-refractivity contribution in [3.63, 3.8) is 0 Å². The van der Waals surface area contributed by atoms with Gasteiger partial charge in [-0.15, -0.1) is 0 Å². The molecule has 110 valence electrons. The van der Waals surface area contributed by atoms with Crippen LogP contribution in [0.3, 0.4) is 0 Å². The summed E-state index contributed by atoms with van der Waals surface area (Å²) in [5.41, 5.74) is -0.321. The quantitative estimate of drug-likeness (QED) is 0.754. The van der Waals surface area contributed by atoms with Crippen molar-refractivity contribution in [3.05, 3.63) is 11.9 Å². The molecule has 2 heterocycles. The fraction of sp³-hybridized carbons (Fsp3) is 0.714. The highest BCUT2D eigenvalue weighted by atomic mass is 16.5. The van der Waals surface area contributed by atoms with Crippen LogP contribution in [0.1, 0.15) is 37.4 Å². The lowest BCUT2D eigenvalue weighted by atomic mass is 9.91. The Balaban J connectivity index is 1.83. The van der Waals surface area contributed by atoms with Gasteiger partial charge in [-0.05, 0) is 25.7 Å². The molecule has 1 aliphatic carbocycles. The average molecular weight is 278 g/mol. The first-order valence-corrected chi connectivity index (χ1v) is 7.28. The number of nitrogens with zero attached hydrogens (tertiary/aromatic N) is 2. The Kier molecular flexibility index (Phi) is 3.76. The molecule has 1 aromatic heterocycles. The van der Waals surface area contributed by atoms with Crippen LogP contribution < -0.4 is 10.6 Å². The minimum atomic E-state index is -0.321. The van der Waals surface area contributed by atoms with Crippen LogP contribution in [0.5, 0.6) is 0 Å². The van der Waals surface area contributed by atoms with Crippen LogP contribution in [0.4, 0.5) is 11.6 Å². The predicted octanol–water partition coefficient (Wildman–Crippen LogP) is 1.35. The molecule has 6 nitrogen and oxygen atoms in total. The van der Waals surface area contributed by atoms with Crippen LogP contribution in [0.15, 0.2) is 6.07 Å². The lowest BCUT2D eigenvalue weighted by molar-refractivity contribution is 0.0378. The van der Waals surface area contributed by atoms with Gasteiger partial charge in [0.2, 0.25) is 0 Å². The van der Waals surface area contributed by atoms with Gasteiger partial charge in [-0.1, -0.05) is 0 Å². The third-order valence-electron chi connectivity index (χ3n) is 4.09. The van der Waals surface area contributed by atoms with Gasteiger partial charge in [0.05, 0.1) is 12.1 Å². The van der Waals surface area contributed by atoms with Crippen molar-refractivity contribution in [2.75, 3.05) is 37.5 Å². The van der Waals surface area contributed by atoms with Gasteiger partial charge in [-0.3, -0.25) is 0 Å². The standard InChI is InChI=1S/C14H22N4O2/c1-15-11-8-12(17-13(16-11)10-2-3-10)18-14(9-19)4-6-20-7-5-14/h8,10,19H,2-7,9H2,1H3,(H2,15,16,17,18). The molecule has 3 N–H and O–H groups in total. The number of nitrogens with one attached hydrogen (secondary N) is 2. The van der Waals surface area contributed by atoms with Gasteiger partial charge in [0, 0.05) is 32.2 Å². The SMILES string of the molecule is CNc1cc(NC2(CO)CCOCC2)nc(C2CC2)n1. The molecule has 0 radical (unpaired) electrons. The molecular weight excluding hydrogens is 256 g/mol. The van der Waals surface area contributed by atoms with E-state index >= 15 is 0 Å². The van der Waals surface area contributed by atoms with E-state index in [0.29, 0.717) is 19.1 Å². The number of aliphatic hydroxyl groups excluding tert-OH is 1. The summed E-state index contributed by atoms with van der Waals surface area (Å²) in [7, 11) is 1.86. The summed E-state index contributed by atoms with van der Waals surface area (Å²) in [5.74, 6) is 3.02. The van der Waals surface area contributed by atoms with Gasteiger partial charge in [-0.25, -0.2) is 9.97 Å². The summed E-state index contributed by atoms with van der Waals surface area (Å²) >= 11 is 0. The fourth-order valence-electron chi connectivity index (χ4n) is 2.54. The van der Waals surface area contributed by atoms with Crippen LogP contribution in [0.25, 0.3) is 0 Å². The average Bonchev–Trinajstić information content (AvgIpc) is 3.32. The number of aromatic nitrogens is 2. The molecule has 0 atom stereocenters. The Bertz CT molecular complexity index is 470. The fourth-order valence-corrected chi connectivity index (χ4v) is 2.54. The van der Waals surface area contributed by atoms with E-state index in [-0.39, 0.29) is 12.1 Å². The summed E-state index contributed by atoms with van der Waals surface area (Å²) in [6, 6.07) is 1.90. The molecule has 2 fully saturated rings. The lowest BCUT2D eigenvalue weighted by Crippen LogP contribution is -2.47. The van der Waals surface area contributed by atoms with Crippen molar-refractivity contribution < 1.29 is 9.84 Å². The largest absolute Gasteiger partial charge is 0.394 e. The Morgan fingerprint density at radius 2 is 2.00 bits per heavy atom. The van der Waals surface area contributed by atoms with Gasteiger partial charge in [0.25, 0.3) is 0 Å². The third kappa shape index (κ3) is 2.86. The van der Waals surface area contributed by atoms with E-state index in [2.05, 4.69) is 20.6 Å². The smallest absolute Gasteiger partial charge is 0.136 e. The third-order valence-corrected chi connectivity index (χ3v) is 4.09. The van der Waals surface area contributed by atoms with Crippen LogP contribution >= 0.6 is 0 Å². The van der Waals surface area contributed by atoms with Gasteiger partial charge in [-0.2, -0.15) is 0 Å². The minimum absolute atomic E-state index is 0.0913. The molecule has 1 aliphatic heterocycles. The Labute approximate surface area is 119 Å². The van der Waals surface area contributed by atoms with E-state index in [4.69, 9.17) is 4.74 Å². The molecule has 3 rings (SSSR count). The molecule has 20 heavy (non-hydrogen) atoms. The Hall–Kier alpha value is -1.40. The van der Waals surface area contributed by atoms with Gasteiger partial charge >= 0.3 is 0 Å². The second-order valence-electron chi connectivity index (χ2n) is 5.70. The zero-order valence-corrected chi connectivity index (χ0v) is 11.9. The van der Waals surface area contributed by atoms with E-state index in [1.54, 1.807) is 0 Å². The first-order chi connectivity index (χ1) is 9.74. The highest BCUT2D eigenvalue weighted by molar-refractivity contribution is 5.49. The number of hydrogen-bond acceptors (Lipinski definition) is 6. The lowest BCUT2D eigenvalue weighted by Gasteiger charge is -2.36. The van der Waals surface area contributed by atoms with E-state index in [9.17, 15) is 5.11 Å². The minimum Gasteiger partial charge on any atom is -0.394 e. The number of anilines is 2. The topological polar surface area (TPSA) is 79.3 Å². The van der Waals surface area contributed by atoms with E-state index in [1.165, 1.54) is 12.8 Å². The van der Waals surface area contributed by atoms with Crippen LogP contribution in [-0.4, -0.2) is 47.5 Å². The maximum absolute atomic E-state index is 9.74. The van der Waals surface area contributed by atoms with Gasteiger partial charge < -0.3 is 20.5 Å². The zero-order valence-electron chi connectivity index (χ0n) is 11.9. The maximum atomic E-state index is 9.74. The van der Waals surface area contributed by atoms with Crippen molar-refractivity contribution in [3.8, 4) is 0 Å². The van der Waals surface area contributed by atoms with Gasteiger partial charge in [0.15, 0.2) is 0 Å². The van der Waals surface area contributed by atoms with E-state index in [1.807, 2.05) is 13.1 Å².